The van der Waals surface area contributed by atoms with Crippen LogP contribution in [0.2, 0.25) is 0 Å². The molecule has 1 fully saturated rings. The molecule has 0 radical (unpaired) electrons. The van der Waals surface area contributed by atoms with Crippen LogP contribution in [0, 0.1) is 6.92 Å². The van der Waals surface area contributed by atoms with Gasteiger partial charge in [0.05, 0.1) is 34.5 Å². The number of hydrogen-bond donors (Lipinski definition) is 1. The molecular formula is C15H23N7O3S2. The summed E-state index contributed by atoms with van der Waals surface area (Å²) in [5.41, 5.74) is 0.436. The van der Waals surface area contributed by atoms with Gasteiger partial charge in [-0.05, 0) is 44.5 Å². The Morgan fingerprint density at radius 2 is 2.15 bits per heavy atom. The van der Waals surface area contributed by atoms with Crippen molar-refractivity contribution in [3.05, 3.63) is 11.8 Å². The maximum atomic E-state index is 12.4. The first-order valence-electron chi connectivity index (χ1n) is 8.53. The zero-order chi connectivity index (χ0) is 19.8. The van der Waals surface area contributed by atoms with Crippen LogP contribution in [-0.4, -0.2) is 61.6 Å². The number of amides is 1. The number of sulfone groups is 1. The van der Waals surface area contributed by atoms with Crippen LogP contribution in [0.5, 0.6) is 0 Å². The molecular weight excluding hydrogens is 390 g/mol. The Balaban J connectivity index is 1.66. The first-order chi connectivity index (χ1) is 12.5. The van der Waals surface area contributed by atoms with E-state index in [-0.39, 0.29) is 34.7 Å². The fourth-order valence-electron chi connectivity index (χ4n) is 2.86. The van der Waals surface area contributed by atoms with Gasteiger partial charge in [-0.1, -0.05) is 11.8 Å². The molecule has 1 unspecified atom stereocenters. The summed E-state index contributed by atoms with van der Waals surface area (Å²) < 4.78 is 26.8. The van der Waals surface area contributed by atoms with Crippen molar-refractivity contribution in [2.75, 3.05) is 22.6 Å². The Kier molecular flexibility index (Phi) is 5.30. The quantitative estimate of drug-likeness (QED) is 0.721. The van der Waals surface area contributed by atoms with Crippen LogP contribution in [0.25, 0.3) is 0 Å². The summed E-state index contributed by atoms with van der Waals surface area (Å²) >= 11 is 1.24. The summed E-state index contributed by atoms with van der Waals surface area (Å²) in [7, 11) is -3.04. The highest BCUT2D eigenvalue weighted by Crippen LogP contribution is 2.27. The van der Waals surface area contributed by atoms with Gasteiger partial charge in [0.2, 0.25) is 11.1 Å². The van der Waals surface area contributed by atoms with E-state index in [1.54, 1.807) is 15.4 Å². The molecule has 0 bridgehead atoms. The number of nitrogens with one attached hydrogen (secondary N) is 1. The van der Waals surface area contributed by atoms with Crippen LogP contribution in [0.4, 0.5) is 5.82 Å². The minimum absolute atomic E-state index is 0.0477. The Labute approximate surface area is 162 Å². The van der Waals surface area contributed by atoms with E-state index in [1.807, 2.05) is 27.7 Å². The Hall–Kier alpha value is -1.95. The third kappa shape index (κ3) is 4.67. The van der Waals surface area contributed by atoms with Gasteiger partial charge in [0.15, 0.2) is 9.84 Å². The third-order valence-corrected chi connectivity index (χ3v) is 6.76. The van der Waals surface area contributed by atoms with Gasteiger partial charge in [-0.2, -0.15) is 5.10 Å². The molecule has 0 saturated carbocycles. The number of aromatic nitrogens is 6. The number of aryl methyl sites for hydroxylation is 1. The summed E-state index contributed by atoms with van der Waals surface area (Å²) in [4.78, 5) is 12.4. The van der Waals surface area contributed by atoms with Gasteiger partial charge >= 0.3 is 0 Å². The fraction of sp³-hybridized carbons (Fsp3) is 0.667. The zero-order valence-electron chi connectivity index (χ0n) is 15.7. The molecule has 1 saturated heterocycles. The lowest BCUT2D eigenvalue weighted by atomic mass is 10.1. The number of nitrogens with zero attached hydrogens (tertiary/aromatic N) is 6. The molecule has 148 valence electrons. The molecule has 1 N–H and O–H groups in total. The molecule has 0 aliphatic carbocycles. The van der Waals surface area contributed by atoms with Crippen LogP contribution >= 0.6 is 11.8 Å². The SMILES string of the molecule is Cc1cc(NC(=O)CSc2nnnn2C(C)(C)C)n(C2CCS(=O)(=O)C2)n1. The topological polar surface area (TPSA) is 125 Å². The summed E-state index contributed by atoms with van der Waals surface area (Å²) in [5.74, 6) is 0.603. The van der Waals surface area contributed by atoms with Crippen molar-refractivity contribution in [3.63, 3.8) is 0 Å². The normalized spacial score (nSPS) is 19.3. The largest absolute Gasteiger partial charge is 0.310 e. The maximum Gasteiger partial charge on any atom is 0.235 e. The van der Waals surface area contributed by atoms with Crippen LogP contribution in [0.1, 0.15) is 38.9 Å². The zero-order valence-corrected chi connectivity index (χ0v) is 17.3. The molecule has 0 aromatic carbocycles. The molecule has 27 heavy (non-hydrogen) atoms. The Bertz CT molecular complexity index is 943. The minimum Gasteiger partial charge on any atom is -0.310 e. The lowest BCUT2D eigenvalue weighted by Gasteiger charge is -2.19. The Morgan fingerprint density at radius 1 is 1.41 bits per heavy atom. The van der Waals surface area contributed by atoms with E-state index in [0.717, 1.165) is 5.69 Å². The van der Waals surface area contributed by atoms with Gasteiger partial charge in [0.1, 0.15) is 5.82 Å². The van der Waals surface area contributed by atoms with Crippen molar-refractivity contribution in [3.8, 4) is 0 Å². The molecule has 10 nitrogen and oxygen atoms in total. The van der Waals surface area contributed by atoms with Crippen molar-refractivity contribution in [1.29, 1.82) is 0 Å². The number of rotatable bonds is 5. The van der Waals surface area contributed by atoms with Gasteiger partial charge in [0.25, 0.3) is 0 Å². The number of carbonyl (C=O) groups excluding carboxylic acids is 1. The lowest BCUT2D eigenvalue weighted by molar-refractivity contribution is -0.113. The van der Waals surface area contributed by atoms with Gasteiger partial charge in [-0.3, -0.25) is 4.79 Å². The number of carbonyl (C=O) groups is 1. The molecule has 2 aromatic rings. The van der Waals surface area contributed by atoms with E-state index >= 15 is 0 Å². The molecule has 3 heterocycles. The van der Waals surface area contributed by atoms with Gasteiger partial charge in [-0.25, -0.2) is 17.8 Å². The number of thioether (sulfide) groups is 1. The molecule has 1 atom stereocenters. The average Bonchev–Trinajstić information content (AvgIpc) is 3.23. The van der Waals surface area contributed by atoms with E-state index in [9.17, 15) is 13.2 Å². The summed E-state index contributed by atoms with van der Waals surface area (Å²) in [6.45, 7) is 7.74. The van der Waals surface area contributed by atoms with Crippen molar-refractivity contribution in [2.24, 2.45) is 0 Å². The highest BCUT2D eigenvalue weighted by molar-refractivity contribution is 7.99. The predicted octanol–water partition coefficient (Wildman–Crippen LogP) is 1.02. The van der Waals surface area contributed by atoms with Crippen molar-refractivity contribution < 1.29 is 13.2 Å². The standard InChI is InChI=1S/C15H23N7O3S2/c1-10-7-12(21(18-10)11-5-6-27(24,25)9-11)16-13(23)8-26-14-17-19-20-22(14)15(2,3)4/h7,11H,5-6,8-9H2,1-4H3,(H,16,23). The molecule has 1 aliphatic heterocycles. The van der Waals surface area contributed by atoms with Crippen LogP contribution < -0.4 is 5.32 Å². The van der Waals surface area contributed by atoms with E-state index in [1.165, 1.54) is 11.8 Å². The molecule has 3 rings (SSSR count). The highest BCUT2D eigenvalue weighted by atomic mass is 32.2. The summed E-state index contributed by atoms with van der Waals surface area (Å²) in [5, 5.41) is 19.3. The second-order valence-electron chi connectivity index (χ2n) is 7.55. The summed E-state index contributed by atoms with van der Waals surface area (Å²) in [6.07, 6.45) is 0.501. The molecule has 2 aromatic heterocycles. The monoisotopic (exact) mass is 413 g/mol. The van der Waals surface area contributed by atoms with E-state index in [2.05, 4.69) is 25.9 Å². The predicted molar refractivity (Wildman–Crippen MR) is 101 cm³/mol. The van der Waals surface area contributed by atoms with E-state index < -0.39 is 9.84 Å². The first-order valence-corrected chi connectivity index (χ1v) is 11.3. The second-order valence-corrected chi connectivity index (χ2v) is 10.7. The highest BCUT2D eigenvalue weighted by Gasteiger charge is 2.31. The smallest absolute Gasteiger partial charge is 0.235 e. The molecule has 1 amide bonds. The van der Waals surface area contributed by atoms with Crippen molar-refractivity contribution in [1.82, 2.24) is 30.0 Å². The van der Waals surface area contributed by atoms with Crippen LogP contribution in [0.15, 0.2) is 11.2 Å². The molecule has 1 aliphatic rings. The van der Waals surface area contributed by atoms with Gasteiger partial charge < -0.3 is 5.32 Å². The van der Waals surface area contributed by atoms with Crippen molar-refractivity contribution >= 4 is 33.3 Å². The number of tetrazole rings is 1. The van der Waals surface area contributed by atoms with Crippen molar-refractivity contribution in [2.45, 2.75) is 50.9 Å². The number of anilines is 1. The van der Waals surface area contributed by atoms with Crippen LogP contribution in [-0.2, 0) is 20.2 Å². The summed E-state index contributed by atoms with van der Waals surface area (Å²) in [6, 6.07) is 1.49. The van der Waals surface area contributed by atoms with E-state index in [4.69, 9.17) is 0 Å². The fourth-order valence-corrected chi connectivity index (χ4v) is 5.41. The van der Waals surface area contributed by atoms with Gasteiger partial charge in [-0.15, -0.1) is 5.10 Å². The first kappa shape index (κ1) is 19.8. The minimum atomic E-state index is -3.04. The average molecular weight is 414 g/mol. The van der Waals surface area contributed by atoms with Crippen LogP contribution in [0.3, 0.4) is 0 Å². The maximum absolute atomic E-state index is 12.4. The second kappa shape index (κ2) is 7.23. The Morgan fingerprint density at radius 3 is 2.78 bits per heavy atom. The van der Waals surface area contributed by atoms with E-state index in [0.29, 0.717) is 17.4 Å². The van der Waals surface area contributed by atoms with Gasteiger partial charge in [0, 0.05) is 6.07 Å². The molecule has 12 heteroatoms. The third-order valence-electron chi connectivity index (χ3n) is 4.09. The molecule has 0 spiro atoms. The lowest BCUT2D eigenvalue weighted by Crippen LogP contribution is -2.25. The number of hydrogen-bond acceptors (Lipinski definition) is 8.